The number of rotatable bonds is 7. The smallest absolute Gasteiger partial charge is 0.251 e. The Morgan fingerprint density at radius 2 is 1.95 bits per heavy atom. The normalized spacial score (nSPS) is 10.0. The average Bonchev–Trinajstić information content (AvgIpc) is 2.38. The number of hydrogen-bond acceptors (Lipinski definition) is 3. The summed E-state index contributed by atoms with van der Waals surface area (Å²) in [5, 5.41) is 8.32. The first-order valence-corrected chi connectivity index (χ1v) is 6.88. The Morgan fingerprint density at radius 3 is 2.63 bits per heavy atom. The topological polar surface area (TPSA) is 70.2 Å². The summed E-state index contributed by atoms with van der Waals surface area (Å²) in [4.78, 5) is 22.9. The third-order valence-electron chi connectivity index (χ3n) is 2.39. The van der Waals surface area contributed by atoms with Gasteiger partial charge in [-0.1, -0.05) is 22.0 Å². The highest BCUT2D eigenvalue weighted by Gasteiger charge is 2.04. The van der Waals surface area contributed by atoms with Crippen molar-refractivity contribution in [2.75, 3.05) is 26.7 Å². The third kappa shape index (κ3) is 6.35. The van der Waals surface area contributed by atoms with E-state index in [-0.39, 0.29) is 11.8 Å². The summed E-state index contributed by atoms with van der Waals surface area (Å²) in [6.07, 6.45) is 0.704. The maximum absolute atomic E-state index is 11.8. The van der Waals surface area contributed by atoms with Crippen molar-refractivity contribution in [2.45, 2.75) is 6.42 Å². The van der Waals surface area contributed by atoms with Crippen LogP contribution in [0.5, 0.6) is 0 Å². The summed E-state index contributed by atoms with van der Waals surface area (Å²) in [6, 6.07) is 7.21. The molecule has 0 aliphatic carbocycles. The molecule has 0 atom stereocenters. The fraction of sp³-hybridized carbons (Fsp3) is 0.385. The van der Waals surface area contributed by atoms with Gasteiger partial charge in [0.05, 0.1) is 6.54 Å². The van der Waals surface area contributed by atoms with Crippen LogP contribution in [-0.2, 0) is 4.79 Å². The Balaban J connectivity index is 2.19. The maximum Gasteiger partial charge on any atom is 0.251 e. The van der Waals surface area contributed by atoms with Crippen molar-refractivity contribution in [1.82, 2.24) is 16.0 Å². The van der Waals surface area contributed by atoms with Gasteiger partial charge in [0.2, 0.25) is 5.91 Å². The highest BCUT2D eigenvalue weighted by Crippen LogP contribution is 2.11. The molecule has 19 heavy (non-hydrogen) atoms. The van der Waals surface area contributed by atoms with Crippen LogP contribution in [0.1, 0.15) is 16.8 Å². The van der Waals surface area contributed by atoms with E-state index in [1.165, 1.54) is 0 Å². The second kappa shape index (κ2) is 8.66. The first-order valence-electron chi connectivity index (χ1n) is 6.08. The van der Waals surface area contributed by atoms with Crippen molar-refractivity contribution >= 4 is 27.7 Å². The van der Waals surface area contributed by atoms with Gasteiger partial charge in [-0.05, 0) is 31.7 Å². The van der Waals surface area contributed by atoms with E-state index in [0.29, 0.717) is 31.6 Å². The van der Waals surface area contributed by atoms with E-state index < -0.39 is 0 Å². The minimum Gasteiger partial charge on any atom is -0.355 e. The summed E-state index contributed by atoms with van der Waals surface area (Å²) >= 11 is 3.32. The monoisotopic (exact) mass is 327 g/mol. The first kappa shape index (κ1) is 15.7. The van der Waals surface area contributed by atoms with Crippen molar-refractivity contribution in [1.29, 1.82) is 0 Å². The number of likely N-dealkylation sites (N-methyl/N-ethyl adjacent to an activating group) is 1. The van der Waals surface area contributed by atoms with Crippen LogP contribution in [0, 0.1) is 0 Å². The van der Waals surface area contributed by atoms with Gasteiger partial charge in [-0.2, -0.15) is 0 Å². The Morgan fingerprint density at radius 1 is 1.21 bits per heavy atom. The van der Waals surface area contributed by atoms with E-state index >= 15 is 0 Å². The van der Waals surface area contributed by atoms with Crippen molar-refractivity contribution in [3.8, 4) is 0 Å². The quantitative estimate of drug-likeness (QED) is 0.652. The number of benzene rings is 1. The van der Waals surface area contributed by atoms with Gasteiger partial charge >= 0.3 is 0 Å². The molecule has 0 aliphatic heterocycles. The molecule has 6 heteroatoms. The average molecular weight is 328 g/mol. The summed E-state index contributed by atoms with van der Waals surface area (Å²) in [5.41, 5.74) is 0.619. The van der Waals surface area contributed by atoms with E-state index in [4.69, 9.17) is 0 Å². The summed E-state index contributed by atoms with van der Waals surface area (Å²) in [5.74, 6) is -0.149. The first-order chi connectivity index (χ1) is 9.13. The Bertz CT molecular complexity index is 438. The predicted octanol–water partition coefficient (Wildman–Crippen LogP) is 0.905. The molecule has 0 radical (unpaired) electrons. The Kier molecular flexibility index (Phi) is 7.14. The molecule has 0 heterocycles. The Hall–Kier alpha value is -1.40. The molecule has 0 unspecified atom stereocenters. The molecule has 0 saturated carbocycles. The SMILES string of the molecule is CNCC(=O)NCCCNC(=O)c1cccc(Br)c1. The predicted molar refractivity (Wildman–Crippen MR) is 78.0 cm³/mol. The van der Waals surface area contributed by atoms with E-state index in [1.54, 1.807) is 19.2 Å². The van der Waals surface area contributed by atoms with Gasteiger partial charge in [-0.25, -0.2) is 0 Å². The van der Waals surface area contributed by atoms with Gasteiger partial charge in [0.25, 0.3) is 5.91 Å². The number of carbonyl (C=O) groups excluding carboxylic acids is 2. The molecule has 0 saturated heterocycles. The van der Waals surface area contributed by atoms with Gasteiger partial charge < -0.3 is 16.0 Å². The highest BCUT2D eigenvalue weighted by molar-refractivity contribution is 9.10. The van der Waals surface area contributed by atoms with E-state index in [2.05, 4.69) is 31.9 Å². The molecule has 0 aromatic heterocycles. The van der Waals surface area contributed by atoms with Crippen LogP contribution in [-0.4, -0.2) is 38.5 Å². The zero-order valence-electron chi connectivity index (χ0n) is 10.8. The molecular formula is C13H18BrN3O2. The summed E-state index contributed by atoms with van der Waals surface area (Å²) < 4.78 is 0.875. The second-order valence-corrected chi connectivity index (χ2v) is 4.92. The zero-order valence-corrected chi connectivity index (χ0v) is 12.4. The van der Waals surface area contributed by atoms with Crippen molar-refractivity contribution in [2.24, 2.45) is 0 Å². The number of carbonyl (C=O) groups is 2. The molecule has 2 amide bonds. The van der Waals surface area contributed by atoms with Crippen LogP contribution < -0.4 is 16.0 Å². The molecule has 104 valence electrons. The van der Waals surface area contributed by atoms with Crippen LogP contribution in [0.25, 0.3) is 0 Å². The lowest BCUT2D eigenvalue weighted by atomic mass is 10.2. The fourth-order valence-corrected chi connectivity index (χ4v) is 1.87. The number of hydrogen-bond donors (Lipinski definition) is 3. The van der Waals surface area contributed by atoms with Gasteiger partial charge in [0.1, 0.15) is 0 Å². The van der Waals surface area contributed by atoms with Crippen LogP contribution in [0.2, 0.25) is 0 Å². The number of amides is 2. The number of halogens is 1. The lowest BCUT2D eigenvalue weighted by Crippen LogP contribution is -2.34. The van der Waals surface area contributed by atoms with Crippen LogP contribution in [0.4, 0.5) is 0 Å². The highest BCUT2D eigenvalue weighted by atomic mass is 79.9. The molecule has 3 N–H and O–H groups in total. The molecule has 0 aliphatic rings. The maximum atomic E-state index is 11.8. The molecule has 1 aromatic carbocycles. The number of nitrogens with one attached hydrogen (secondary N) is 3. The summed E-state index contributed by atoms with van der Waals surface area (Å²) in [7, 11) is 1.72. The molecule has 0 spiro atoms. The van der Waals surface area contributed by atoms with E-state index in [1.807, 2.05) is 12.1 Å². The van der Waals surface area contributed by atoms with Gasteiger partial charge in [0, 0.05) is 23.1 Å². The van der Waals surface area contributed by atoms with Gasteiger partial charge in [0.15, 0.2) is 0 Å². The molecule has 0 fully saturated rings. The molecule has 1 rings (SSSR count). The standard InChI is InChI=1S/C13H18BrN3O2/c1-15-9-12(18)16-6-3-7-17-13(19)10-4-2-5-11(14)8-10/h2,4-5,8,15H,3,6-7,9H2,1H3,(H,16,18)(H,17,19). The van der Waals surface area contributed by atoms with Crippen LogP contribution in [0.3, 0.4) is 0 Å². The van der Waals surface area contributed by atoms with E-state index in [0.717, 1.165) is 4.47 Å². The van der Waals surface area contributed by atoms with Crippen LogP contribution in [0.15, 0.2) is 28.7 Å². The fourth-order valence-electron chi connectivity index (χ4n) is 1.47. The minimum absolute atomic E-state index is 0.0409. The lowest BCUT2D eigenvalue weighted by molar-refractivity contribution is -0.120. The van der Waals surface area contributed by atoms with Crippen molar-refractivity contribution in [3.63, 3.8) is 0 Å². The molecular weight excluding hydrogens is 310 g/mol. The van der Waals surface area contributed by atoms with E-state index in [9.17, 15) is 9.59 Å². The molecule has 1 aromatic rings. The molecule has 0 bridgehead atoms. The van der Waals surface area contributed by atoms with Gasteiger partial charge in [-0.15, -0.1) is 0 Å². The van der Waals surface area contributed by atoms with Gasteiger partial charge in [-0.3, -0.25) is 9.59 Å². The largest absolute Gasteiger partial charge is 0.355 e. The zero-order chi connectivity index (χ0) is 14.1. The van der Waals surface area contributed by atoms with Crippen molar-refractivity contribution < 1.29 is 9.59 Å². The molecule has 5 nitrogen and oxygen atoms in total. The van der Waals surface area contributed by atoms with Crippen molar-refractivity contribution in [3.05, 3.63) is 34.3 Å². The lowest BCUT2D eigenvalue weighted by Gasteiger charge is -2.07. The summed E-state index contributed by atoms with van der Waals surface area (Å²) in [6.45, 7) is 1.40. The Labute approximate surface area is 121 Å². The third-order valence-corrected chi connectivity index (χ3v) is 2.88. The second-order valence-electron chi connectivity index (χ2n) is 4.00. The minimum atomic E-state index is -0.108. The van der Waals surface area contributed by atoms with Crippen LogP contribution >= 0.6 is 15.9 Å².